The molecule has 1 aliphatic heterocycles. The van der Waals surface area contributed by atoms with Gasteiger partial charge in [-0.2, -0.15) is 4.68 Å². The van der Waals surface area contributed by atoms with Gasteiger partial charge in [-0.25, -0.2) is 4.39 Å². The summed E-state index contributed by atoms with van der Waals surface area (Å²) in [6, 6.07) is 14.1. The fourth-order valence-corrected chi connectivity index (χ4v) is 3.69. The van der Waals surface area contributed by atoms with E-state index in [-0.39, 0.29) is 22.3 Å². The molecule has 0 radical (unpaired) electrons. The van der Waals surface area contributed by atoms with Gasteiger partial charge in [-0.3, -0.25) is 4.79 Å². The molecule has 0 atom stereocenters. The second kappa shape index (κ2) is 8.26. The highest BCUT2D eigenvalue weighted by Crippen LogP contribution is 2.20. The normalized spacial score (nSPS) is 14.9. The van der Waals surface area contributed by atoms with Crippen LogP contribution in [0.2, 0.25) is 0 Å². The van der Waals surface area contributed by atoms with Gasteiger partial charge in [0.1, 0.15) is 5.82 Å². The van der Waals surface area contributed by atoms with Crippen LogP contribution in [0.5, 0.6) is 0 Å². The molecular weight excluding hydrogens is 391 g/mol. The van der Waals surface area contributed by atoms with Crippen molar-refractivity contribution < 1.29 is 18.5 Å². The van der Waals surface area contributed by atoms with Crippen molar-refractivity contribution in [1.82, 2.24) is 9.78 Å². The summed E-state index contributed by atoms with van der Waals surface area (Å²) in [7, 11) is 0. The van der Waals surface area contributed by atoms with Crippen molar-refractivity contribution in [2.45, 2.75) is 13.6 Å². The third kappa shape index (κ3) is 4.28. The monoisotopic (exact) mass is 413 g/mol. The molecule has 0 saturated carbocycles. The molecule has 1 fully saturated rings. The number of piperazine rings is 1. The molecule has 0 unspecified atom stereocenters. The van der Waals surface area contributed by atoms with Crippen LogP contribution in [-0.4, -0.2) is 41.7 Å². The van der Waals surface area contributed by atoms with Crippen LogP contribution < -0.4 is 9.80 Å². The topological polar surface area (TPSA) is 55.7 Å². The minimum Gasteiger partial charge on any atom is -0.409 e. The number of rotatable bonds is 5. The van der Waals surface area contributed by atoms with Crippen LogP contribution in [0.15, 0.2) is 52.9 Å². The highest BCUT2D eigenvalue weighted by Gasteiger charge is 2.22. The van der Waals surface area contributed by atoms with E-state index in [1.807, 2.05) is 24.3 Å². The third-order valence-corrected chi connectivity index (χ3v) is 5.49. The molecular formula is C21H22FN4O2S+. The lowest BCUT2D eigenvalue weighted by molar-refractivity contribution is -0.924. The molecule has 0 aliphatic carbocycles. The summed E-state index contributed by atoms with van der Waals surface area (Å²) < 4.78 is 21.1. The van der Waals surface area contributed by atoms with Crippen LogP contribution >= 0.6 is 12.2 Å². The van der Waals surface area contributed by atoms with Gasteiger partial charge in [-0.05, 0) is 55.5 Å². The van der Waals surface area contributed by atoms with E-state index in [2.05, 4.69) is 10.00 Å². The first-order valence-corrected chi connectivity index (χ1v) is 9.94. The van der Waals surface area contributed by atoms with Gasteiger partial charge in [0, 0.05) is 11.3 Å². The second-order valence-corrected chi connectivity index (χ2v) is 7.50. The molecule has 2 aromatic carbocycles. The number of carbonyl (C=O) groups excluding carboxylic acids is 1. The molecule has 29 heavy (non-hydrogen) atoms. The quantitative estimate of drug-likeness (QED) is 0.515. The van der Waals surface area contributed by atoms with Gasteiger partial charge in [0.05, 0.1) is 31.7 Å². The van der Waals surface area contributed by atoms with Crippen LogP contribution in [0.1, 0.15) is 17.3 Å². The zero-order valence-corrected chi connectivity index (χ0v) is 16.9. The largest absolute Gasteiger partial charge is 0.409 e. The predicted molar refractivity (Wildman–Crippen MR) is 110 cm³/mol. The van der Waals surface area contributed by atoms with Crippen molar-refractivity contribution in [1.29, 1.82) is 0 Å². The lowest BCUT2D eigenvalue weighted by atomic mass is 10.1. The number of quaternary nitrogens is 1. The SMILES string of the molecule is CC(=O)c1ccc(N2CC[NH+](Cn3nc(-c4ccccc4F)oc3=S)CC2)cc1. The molecule has 3 aromatic rings. The molecule has 0 bridgehead atoms. The Labute approximate surface area is 173 Å². The Morgan fingerprint density at radius 3 is 2.52 bits per heavy atom. The Hall–Kier alpha value is -2.84. The maximum atomic E-state index is 14.0. The number of ketones is 1. The molecule has 0 spiro atoms. The van der Waals surface area contributed by atoms with Crippen LogP contribution in [0, 0.1) is 10.7 Å². The molecule has 1 aromatic heterocycles. The standard InChI is InChI=1S/C21H21FN4O2S/c1-15(27)16-6-8-17(9-7-16)25-12-10-24(11-13-25)14-26-21(29)28-20(23-26)18-4-2-3-5-19(18)22/h2-9H,10-14H2,1H3/p+1. The Morgan fingerprint density at radius 1 is 1.17 bits per heavy atom. The summed E-state index contributed by atoms with van der Waals surface area (Å²) in [6.45, 7) is 5.76. The lowest BCUT2D eigenvalue weighted by Crippen LogP contribution is -3.14. The van der Waals surface area contributed by atoms with E-state index in [0.717, 1.165) is 37.4 Å². The number of nitrogens with zero attached hydrogens (tertiary/aromatic N) is 3. The fourth-order valence-electron chi connectivity index (χ4n) is 3.51. The zero-order valence-electron chi connectivity index (χ0n) is 16.1. The maximum absolute atomic E-state index is 14.0. The van der Waals surface area contributed by atoms with Crippen molar-refractivity contribution in [3.63, 3.8) is 0 Å². The van der Waals surface area contributed by atoms with Crippen LogP contribution in [0.25, 0.3) is 11.5 Å². The molecule has 150 valence electrons. The fraction of sp³-hybridized carbons (Fsp3) is 0.286. The summed E-state index contributed by atoms with van der Waals surface area (Å²) >= 11 is 5.28. The average molecular weight is 413 g/mol. The van der Waals surface area contributed by atoms with E-state index in [4.69, 9.17) is 16.6 Å². The molecule has 1 aliphatic rings. The van der Waals surface area contributed by atoms with Crippen LogP contribution in [0.4, 0.5) is 10.1 Å². The van der Waals surface area contributed by atoms with Gasteiger partial charge in [-0.15, -0.1) is 5.10 Å². The molecule has 8 heteroatoms. The highest BCUT2D eigenvalue weighted by atomic mass is 32.1. The van der Waals surface area contributed by atoms with Gasteiger partial charge >= 0.3 is 0 Å². The number of carbonyl (C=O) groups is 1. The van der Waals surface area contributed by atoms with E-state index in [9.17, 15) is 9.18 Å². The molecule has 1 saturated heterocycles. The number of nitrogens with one attached hydrogen (secondary N) is 1. The van der Waals surface area contributed by atoms with Gasteiger partial charge in [-0.1, -0.05) is 12.1 Å². The summed E-state index contributed by atoms with van der Waals surface area (Å²) in [6.07, 6.45) is 0. The second-order valence-electron chi connectivity index (χ2n) is 7.15. The Bertz CT molecular complexity index is 1070. The smallest absolute Gasteiger partial charge is 0.292 e. The minimum atomic E-state index is -0.382. The molecule has 4 rings (SSSR count). The summed E-state index contributed by atoms with van der Waals surface area (Å²) in [5.74, 6) is -0.103. The van der Waals surface area contributed by atoms with E-state index in [0.29, 0.717) is 12.2 Å². The lowest BCUT2D eigenvalue weighted by Gasteiger charge is -2.33. The van der Waals surface area contributed by atoms with Gasteiger partial charge in [0.25, 0.3) is 4.84 Å². The summed E-state index contributed by atoms with van der Waals surface area (Å²) in [4.78, 5) is 15.3. The number of Topliss-reactive ketones (excluding diaryl/α,β-unsaturated/α-hetero) is 1. The van der Waals surface area contributed by atoms with Crippen molar-refractivity contribution in [2.75, 3.05) is 31.1 Å². The van der Waals surface area contributed by atoms with Crippen LogP contribution in [0.3, 0.4) is 0 Å². The maximum Gasteiger partial charge on any atom is 0.292 e. The summed E-state index contributed by atoms with van der Waals surface area (Å²) in [5, 5.41) is 4.38. The van der Waals surface area contributed by atoms with Crippen molar-refractivity contribution in [2.24, 2.45) is 0 Å². The third-order valence-electron chi connectivity index (χ3n) is 5.19. The van der Waals surface area contributed by atoms with E-state index in [1.165, 1.54) is 11.0 Å². The van der Waals surface area contributed by atoms with E-state index >= 15 is 0 Å². The number of benzene rings is 2. The molecule has 0 amide bonds. The Kier molecular flexibility index (Phi) is 5.55. The summed E-state index contributed by atoms with van der Waals surface area (Å²) in [5.41, 5.74) is 2.16. The molecule has 2 heterocycles. The van der Waals surface area contributed by atoms with Gasteiger partial charge < -0.3 is 14.2 Å². The van der Waals surface area contributed by atoms with E-state index in [1.54, 1.807) is 29.8 Å². The molecule has 6 nitrogen and oxygen atoms in total. The Balaban J connectivity index is 1.39. The van der Waals surface area contributed by atoms with E-state index < -0.39 is 0 Å². The highest BCUT2D eigenvalue weighted by molar-refractivity contribution is 7.71. The average Bonchev–Trinajstić information content (AvgIpc) is 3.09. The van der Waals surface area contributed by atoms with Gasteiger partial charge in [0.15, 0.2) is 12.5 Å². The number of halogens is 1. The number of anilines is 1. The van der Waals surface area contributed by atoms with Gasteiger partial charge in [0.2, 0.25) is 5.89 Å². The zero-order chi connectivity index (χ0) is 20.4. The number of hydrogen-bond donors (Lipinski definition) is 1. The van der Waals surface area contributed by atoms with Crippen LogP contribution in [-0.2, 0) is 6.67 Å². The first-order chi connectivity index (χ1) is 14.0. The first-order valence-electron chi connectivity index (χ1n) is 9.53. The van der Waals surface area contributed by atoms with Crippen molar-refractivity contribution in [3.8, 4) is 11.5 Å². The predicted octanol–water partition coefficient (Wildman–Crippen LogP) is 2.58. The first kappa shape index (κ1) is 19.5. The van der Waals surface area contributed by atoms with Crippen molar-refractivity contribution >= 4 is 23.7 Å². The number of aromatic nitrogens is 2. The minimum absolute atomic E-state index is 0.0740. The Morgan fingerprint density at radius 2 is 1.86 bits per heavy atom. The molecule has 1 N–H and O–H groups in total. The van der Waals surface area contributed by atoms with Crippen molar-refractivity contribution in [3.05, 3.63) is 64.7 Å². The number of hydrogen-bond acceptors (Lipinski definition) is 5.